The van der Waals surface area contributed by atoms with E-state index in [2.05, 4.69) is 37.5 Å². The highest BCUT2D eigenvalue weighted by atomic mass is 35.5. The highest BCUT2D eigenvalue weighted by molar-refractivity contribution is 6.30. The zero-order chi connectivity index (χ0) is 21.5. The summed E-state index contributed by atoms with van der Waals surface area (Å²) >= 11 is 6.08. The Bertz CT molecular complexity index is 711. The van der Waals surface area contributed by atoms with Crippen molar-refractivity contribution < 1.29 is 9.53 Å². The summed E-state index contributed by atoms with van der Waals surface area (Å²) in [5, 5.41) is 17.2. The quantitative estimate of drug-likeness (QED) is 0.561. The number of carbonyl (C=O) groups is 1. The lowest BCUT2D eigenvalue weighted by atomic mass is 9.61. The predicted octanol–water partition coefficient (Wildman–Crippen LogP) is 2.61. The molecular formula is C22H33ClN4O2. The molecule has 160 valence electrons. The minimum Gasteiger partial charge on any atom is -0.378 e. The molecule has 6 nitrogen and oxygen atoms in total. The lowest BCUT2D eigenvalue weighted by molar-refractivity contribution is -0.124. The van der Waals surface area contributed by atoms with Crippen LogP contribution in [-0.2, 0) is 14.9 Å². The van der Waals surface area contributed by atoms with E-state index in [-0.39, 0.29) is 17.2 Å². The van der Waals surface area contributed by atoms with Crippen LogP contribution in [0.5, 0.6) is 0 Å². The summed E-state index contributed by atoms with van der Waals surface area (Å²) in [5.74, 6) is -0.0187. The molecular weight excluding hydrogens is 388 g/mol. The molecule has 1 amide bonds. The number of halogens is 1. The Hall–Kier alpha value is -1.65. The normalized spacial score (nSPS) is 24.7. The molecule has 1 saturated heterocycles. The van der Waals surface area contributed by atoms with Crippen LogP contribution >= 0.6 is 11.6 Å². The van der Waals surface area contributed by atoms with Gasteiger partial charge in [0.05, 0.1) is 30.7 Å². The lowest BCUT2D eigenvalue weighted by Gasteiger charge is -2.45. The minimum absolute atomic E-state index is 0.0658. The summed E-state index contributed by atoms with van der Waals surface area (Å²) in [6, 6.07) is 9.63. The molecule has 3 unspecified atom stereocenters. The number of rotatable bonds is 8. The maximum absolute atomic E-state index is 12.7. The van der Waals surface area contributed by atoms with Gasteiger partial charge in [-0.15, -0.1) is 0 Å². The third-order valence-electron chi connectivity index (χ3n) is 5.38. The molecule has 1 aliphatic rings. The van der Waals surface area contributed by atoms with Crippen molar-refractivity contribution in [1.29, 1.82) is 5.26 Å². The highest BCUT2D eigenvalue weighted by Gasteiger charge is 2.48. The average molecular weight is 421 g/mol. The van der Waals surface area contributed by atoms with E-state index in [1.807, 2.05) is 24.3 Å². The van der Waals surface area contributed by atoms with Crippen LogP contribution in [0.4, 0.5) is 0 Å². The summed E-state index contributed by atoms with van der Waals surface area (Å²) in [6.45, 7) is 8.91. The van der Waals surface area contributed by atoms with Gasteiger partial charge in [-0.05, 0) is 41.9 Å². The van der Waals surface area contributed by atoms with Gasteiger partial charge in [0.15, 0.2) is 0 Å². The predicted molar refractivity (Wildman–Crippen MR) is 116 cm³/mol. The van der Waals surface area contributed by atoms with E-state index in [0.29, 0.717) is 44.3 Å². The summed E-state index contributed by atoms with van der Waals surface area (Å²) in [6.07, 6.45) is 1.29. The zero-order valence-electron chi connectivity index (χ0n) is 17.6. The van der Waals surface area contributed by atoms with Crippen molar-refractivity contribution in [3.63, 3.8) is 0 Å². The van der Waals surface area contributed by atoms with Crippen molar-refractivity contribution in [3.05, 3.63) is 34.9 Å². The van der Waals surface area contributed by atoms with E-state index >= 15 is 0 Å². The fraction of sp³-hybridized carbons (Fsp3) is 0.636. The van der Waals surface area contributed by atoms with Crippen LogP contribution in [-0.4, -0.2) is 44.8 Å². The van der Waals surface area contributed by atoms with Gasteiger partial charge in [-0.1, -0.05) is 44.5 Å². The number of hydrogen-bond acceptors (Lipinski definition) is 5. The van der Waals surface area contributed by atoms with Crippen LogP contribution in [0.1, 0.15) is 39.2 Å². The average Bonchev–Trinajstić information content (AvgIpc) is 2.67. The molecule has 1 aromatic rings. The number of nitrogens with zero attached hydrogens (tertiary/aromatic N) is 1. The molecule has 3 atom stereocenters. The number of nitriles is 1. The minimum atomic E-state index is -0.749. The Kier molecular flexibility index (Phi) is 8.47. The molecule has 1 aromatic carbocycles. The Labute approximate surface area is 179 Å². The van der Waals surface area contributed by atoms with E-state index in [1.165, 1.54) is 0 Å². The molecule has 7 heteroatoms. The fourth-order valence-electron chi connectivity index (χ4n) is 4.05. The molecule has 4 N–H and O–H groups in total. The Morgan fingerprint density at radius 2 is 2.07 bits per heavy atom. The molecule has 0 bridgehead atoms. The summed E-state index contributed by atoms with van der Waals surface area (Å²) in [7, 11) is 0. The first-order chi connectivity index (χ1) is 13.7. The maximum atomic E-state index is 12.7. The van der Waals surface area contributed by atoms with Gasteiger partial charge < -0.3 is 21.1 Å². The Morgan fingerprint density at radius 1 is 1.38 bits per heavy atom. The third kappa shape index (κ3) is 6.42. The molecule has 1 aliphatic heterocycles. The molecule has 1 fully saturated rings. The first-order valence-electron chi connectivity index (χ1n) is 10.2. The summed E-state index contributed by atoms with van der Waals surface area (Å²) < 4.78 is 5.31. The fourth-order valence-corrected chi connectivity index (χ4v) is 4.17. The van der Waals surface area contributed by atoms with Gasteiger partial charge in [0, 0.05) is 24.7 Å². The molecule has 29 heavy (non-hydrogen) atoms. The summed E-state index contributed by atoms with van der Waals surface area (Å²) in [4.78, 5) is 12.7. The second-order valence-electron chi connectivity index (χ2n) is 8.91. The van der Waals surface area contributed by atoms with E-state index in [1.54, 1.807) is 0 Å². The topological polar surface area (TPSA) is 100 Å². The van der Waals surface area contributed by atoms with Crippen molar-refractivity contribution in [2.75, 3.05) is 32.8 Å². The van der Waals surface area contributed by atoms with E-state index in [0.717, 1.165) is 12.0 Å². The smallest absolute Gasteiger partial charge is 0.237 e. The van der Waals surface area contributed by atoms with Crippen LogP contribution in [0, 0.1) is 22.7 Å². The molecule has 0 aromatic heterocycles. The van der Waals surface area contributed by atoms with Gasteiger partial charge in [-0.25, -0.2) is 0 Å². The van der Waals surface area contributed by atoms with E-state index in [9.17, 15) is 10.1 Å². The molecule has 2 rings (SSSR count). The first kappa shape index (κ1) is 23.6. The van der Waals surface area contributed by atoms with Crippen molar-refractivity contribution in [2.45, 2.75) is 45.1 Å². The number of nitrogens with two attached hydrogens (primary N) is 1. The van der Waals surface area contributed by atoms with Gasteiger partial charge >= 0.3 is 0 Å². The number of nitrogens with one attached hydrogen (secondary N) is 2. The van der Waals surface area contributed by atoms with Crippen molar-refractivity contribution >= 4 is 17.5 Å². The number of hydrogen-bond donors (Lipinski definition) is 3. The largest absolute Gasteiger partial charge is 0.378 e. The van der Waals surface area contributed by atoms with E-state index in [4.69, 9.17) is 22.1 Å². The first-order valence-corrected chi connectivity index (χ1v) is 10.6. The molecule has 0 aliphatic carbocycles. The second-order valence-corrected chi connectivity index (χ2v) is 9.35. The zero-order valence-corrected chi connectivity index (χ0v) is 18.4. The number of carbonyl (C=O) groups excluding carboxylic acids is 1. The third-order valence-corrected chi connectivity index (χ3v) is 5.63. The Morgan fingerprint density at radius 3 is 2.66 bits per heavy atom. The van der Waals surface area contributed by atoms with Crippen LogP contribution in [0.15, 0.2) is 24.3 Å². The van der Waals surface area contributed by atoms with Gasteiger partial charge in [0.1, 0.15) is 0 Å². The van der Waals surface area contributed by atoms with Crippen LogP contribution < -0.4 is 16.4 Å². The number of ether oxygens (including phenoxy) is 1. The van der Waals surface area contributed by atoms with Crippen molar-refractivity contribution in [1.82, 2.24) is 10.6 Å². The number of amides is 1. The lowest BCUT2D eigenvalue weighted by Crippen LogP contribution is -2.58. The van der Waals surface area contributed by atoms with Gasteiger partial charge in [0.2, 0.25) is 5.91 Å². The summed E-state index contributed by atoms with van der Waals surface area (Å²) in [5.41, 5.74) is 5.63. The maximum Gasteiger partial charge on any atom is 0.237 e. The monoisotopic (exact) mass is 420 g/mol. The second kappa shape index (κ2) is 10.4. The standard InChI is InChI=1S/C22H33ClN4O2/c1-21(2,3)12-17-14-27-19(20(28)26-9-11-29-10-8-24)13-22(17,15-25)16-4-6-18(23)7-5-16/h4-7,17,19,27H,8-14,24H2,1-3H3,(H,26,28). The molecule has 1 heterocycles. The van der Waals surface area contributed by atoms with Crippen LogP contribution in [0.2, 0.25) is 5.02 Å². The van der Waals surface area contributed by atoms with Crippen molar-refractivity contribution in [2.24, 2.45) is 17.1 Å². The molecule has 0 spiro atoms. The van der Waals surface area contributed by atoms with Gasteiger partial charge in [0.25, 0.3) is 0 Å². The van der Waals surface area contributed by atoms with Crippen LogP contribution in [0.3, 0.4) is 0 Å². The number of piperidine rings is 1. The van der Waals surface area contributed by atoms with Crippen molar-refractivity contribution in [3.8, 4) is 6.07 Å². The number of benzene rings is 1. The molecule has 0 radical (unpaired) electrons. The highest BCUT2D eigenvalue weighted by Crippen LogP contribution is 2.44. The SMILES string of the molecule is CC(C)(C)CC1CNC(C(=O)NCCOCCN)CC1(C#N)c1ccc(Cl)cc1. The van der Waals surface area contributed by atoms with Crippen LogP contribution in [0.25, 0.3) is 0 Å². The van der Waals surface area contributed by atoms with Gasteiger partial charge in [-0.3, -0.25) is 4.79 Å². The van der Waals surface area contributed by atoms with E-state index < -0.39 is 11.5 Å². The molecule has 0 saturated carbocycles. The van der Waals surface area contributed by atoms with Gasteiger partial charge in [-0.2, -0.15) is 5.26 Å². The Balaban J connectivity index is 2.20.